The lowest BCUT2D eigenvalue weighted by atomic mass is 10.2. The van der Waals surface area contributed by atoms with Crippen LogP contribution in [-0.2, 0) is 9.53 Å². The van der Waals surface area contributed by atoms with Crippen molar-refractivity contribution in [3.63, 3.8) is 0 Å². The number of nitrogens with zero attached hydrogens (tertiary/aromatic N) is 2. The highest BCUT2D eigenvalue weighted by Crippen LogP contribution is 2.16. The van der Waals surface area contributed by atoms with Gasteiger partial charge in [-0.25, -0.2) is 0 Å². The fourth-order valence-corrected chi connectivity index (χ4v) is 2.91. The third-order valence-electron chi connectivity index (χ3n) is 4.43. The van der Waals surface area contributed by atoms with Crippen LogP contribution >= 0.6 is 0 Å². The first-order valence-electron chi connectivity index (χ1n) is 9.08. The lowest BCUT2D eigenvalue weighted by Gasteiger charge is -2.34. The third-order valence-corrected chi connectivity index (χ3v) is 4.43. The zero-order chi connectivity index (χ0) is 17.9. The summed E-state index contributed by atoms with van der Waals surface area (Å²) in [5.74, 6) is 1.06. The molecule has 1 aromatic carbocycles. The topological polar surface area (TPSA) is 54.0 Å². The Labute approximate surface area is 151 Å². The van der Waals surface area contributed by atoms with Crippen LogP contribution in [0.1, 0.15) is 12.0 Å². The van der Waals surface area contributed by atoms with Gasteiger partial charge in [-0.15, -0.1) is 0 Å². The van der Waals surface area contributed by atoms with Crippen LogP contribution in [-0.4, -0.2) is 81.8 Å². The maximum Gasteiger partial charge on any atom is 0.234 e. The van der Waals surface area contributed by atoms with Crippen LogP contribution in [0.15, 0.2) is 24.3 Å². The number of benzene rings is 1. The van der Waals surface area contributed by atoms with E-state index in [1.165, 1.54) is 5.56 Å². The maximum atomic E-state index is 11.8. The summed E-state index contributed by atoms with van der Waals surface area (Å²) in [6.07, 6.45) is 1.02. The molecular weight excluding hydrogens is 318 g/mol. The zero-order valence-electron chi connectivity index (χ0n) is 15.5. The summed E-state index contributed by atoms with van der Waals surface area (Å²) in [6.45, 7) is 9.37. The average molecular weight is 349 g/mol. The van der Waals surface area contributed by atoms with E-state index in [4.69, 9.17) is 9.47 Å². The SMILES string of the molecule is COCCNC(=O)CN1CCN(CCCOc2ccccc2C)CC1. The van der Waals surface area contributed by atoms with Crippen molar-refractivity contribution in [2.45, 2.75) is 13.3 Å². The highest BCUT2D eigenvalue weighted by Gasteiger charge is 2.18. The Morgan fingerprint density at radius 3 is 2.56 bits per heavy atom. The van der Waals surface area contributed by atoms with Crippen molar-refractivity contribution in [1.29, 1.82) is 0 Å². The fraction of sp³-hybridized carbons (Fsp3) is 0.632. The lowest BCUT2D eigenvalue weighted by molar-refractivity contribution is -0.122. The number of hydrogen-bond acceptors (Lipinski definition) is 5. The summed E-state index contributed by atoms with van der Waals surface area (Å²) < 4.78 is 10.8. The smallest absolute Gasteiger partial charge is 0.234 e. The minimum absolute atomic E-state index is 0.0807. The minimum atomic E-state index is 0.0807. The Hall–Kier alpha value is -1.63. The van der Waals surface area contributed by atoms with Gasteiger partial charge in [0.05, 0.1) is 19.8 Å². The predicted octanol–water partition coefficient (Wildman–Crippen LogP) is 1.14. The number of amides is 1. The van der Waals surface area contributed by atoms with Crippen molar-refractivity contribution < 1.29 is 14.3 Å². The molecule has 6 nitrogen and oxygen atoms in total. The molecule has 25 heavy (non-hydrogen) atoms. The quantitative estimate of drug-likeness (QED) is 0.642. The first kappa shape index (κ1) is 19.7. The van der Waals surface area contributed by atoms with E-state index < -0.39 is 0 Å². The summed E-state index contributed by atoms with van der Waals surface area (Å²) in [6, 6.07) is 8.12. The molecule has 0 aromatic heterocycles. The summed E-state index contributed by atoms with van der Waals surface area (Å²) in [5, 5.41) is 2.87. The Morgan fingerprint density at radius 2 is 1.84 bits per heavy atom. The molecule has 140 valence electrons. The second kappa shape index (κ2) is 11.1. The van der Waals surface area contributed by atoms with Crippen molar-refractivity contribution in [1.82, 2.24) is 15.1 Å². The van der Waals surface area contributed by atoms with E-state index in [1.54, 1.807) is 7.11 Å². The Kier molecular flexibility index (Phi) is 8.72. The number of piperazine rings is 1. The van der Waals surface area contributed by atoms with E-state index in [0.717, 1.165) is 51.5 Å². The van der Waals surface area contributed by atoms with Crippen LogP contribution in [0.4, 0.5) is 0 Å². The number of aryl methyl sites for hydroxylation is 1. The van der Waals surface area contributed by atoms with Gasteiger partial charge in [0.15, 0.2) is 0 Å². The molecule has 0 spiro atoms. The number of ether oxygens (including phenoxy) is 2. The molecule has 2 rings (SSSR count). The Balaban J connectivity index is 1.55. The summed E-state index contributed by atoms with van der Waals surface area (Å²) >= 11 is 0. The van der Waals surface area contributed by atoms with Crippen molar-refractivity contribution >= 4 is 5.91 Å². The van der Waals surface area contributed by atoms with Crippen LogP contribution < -0.4 is 10.1 Å². The first-order chi connectivity index (χ1) is 12.2. The molecule has 1 N–H and O–H groups in total. The average Bonchev–Trinajstić information content (AvgIpc) is 2.62. The summed E-state index contributed by atoms with van der Waals surface area (Å²) in [7, 11) is 1.64. The lowest BCUT2D eigenvalue weighted by Crippen LogP contribution is -2.49. The molecule has 6 heteroatoms. The molecule has 0 saturated carbocycles. The third kappa shape index (κ3) is 7.42. The number of hydrogen-bond donors (Lipinski definition) is 1. The second-order valence-corrected chi connectivity index (χ2v) is 6.43. The Morgan fingerprint density at radius 1 is 1.12 bits per heavy atom. The standard InChI is InChI=1S/C19H31N3O3/c1-17-6-3-4-7-18(17)25-14-5-9-21-10-12-22(13-11-21)16-19(23)20-8-15-24-2/h3-4,6-7H,5,8-16H2,1-2H3,(H,20,23). The maximum absolute atomic E-state index is 11.8. The van der Waals surface area contributed by atoms with Crippen molar-refractivity contribution in [2.75, 3.05) is 66.1 Å². The summed E-state index contributed by atoms with van der Waals surface area (Å²) in [5.41, 5.74) is 1.18. The molecule has 1 heterocycles. The van der Waals surface area contributed by atoms with Crippen LogP contribution in [0.3, 0.4) is 0 Å². The number of rotatable bonds is 10. The van der Waals surface area contributed by atoms with Crippen molar-refractivity contribution in [3.05, 3.63) is 29.8 Å². The van der Waals surface area contributed by atoms with E-state index in [1.807, 2.05) is 18.2 Å². The molecule has 0 bridgehead atoms. The largest absolute Gasteiger partial charge is 0.493 e. The first-order valence-corrected chi connectivity index (χ1v) is 9.08. The second-order valence-electron chi connectivity index (χ2n) is 6.43. The molecule has 0 unspecified atom stereocenters. The highest BCUT2D eigenvalue weighted by atomic mass is 16.5. The van der Waals surface area contributed by atoms with Crippen molar-refractivity contribution in [3.8, 4) is 5.75 Å². The van der Waals surface area contributed by atoms with Gasteiger partial charge in [-0.3, -0.25) is 9.69 Å². The van der Waals surface area contributed by atoms with E-state index in [0.29, 0.717) is 19.7 Å². The van der Waals surface area contributed by atoms with Gasteiger partial charge in [0.1, 0.15) is 5.75 Å². The van der Waals surface area contributed by atoms with Gasteiger partial charge in [-0.05, 0) is 25.0 Å². The number of methoxy groups -OCH3 is 1. The Bertz CT molecular complexity index is 516. The highest BCUT2D eigenvalue weighted by molar-refractivity contribution is 5.77. The molecule has 1 saturated heterocycles. The van der Waals surface area contributed by atoms with Gasteiger partial charge in [-0.1, -0.05) is 18.2 Å². The van der Waals surface area contributed by atoms with E-state index >= 15 is 0 Å². The molecule has 1 amide bonds. The van der Waals surface area contributed by atoms with Gasteiger partial charge < -0.3 is 19.7 Å². The molecule has 0 atom stereocenters. The predicted molar refractivity (Wildman–Crippen MR) is 99.1 cm³/mol. The fourth-order valence-electron chi connectivity index (χ4n) is 2.91. The molecule has 1 aliphatic heterocycles. The van der Waals surface area contributed by atoms with E-state index in [2.05, 4.69) is 28.1 Å². The molecule has 1 aromatic rings. The van der Waals surface area contributed by atoms with Gasteiger partial charge >= 0.3 is 0 Å². The van der Waals surface area contributed by atoms with Gasteiger partial charge in [0.25, 0.3) is 0 Å². The van der Waals surface area contributed by atoms with Crippen LogP contribution in [0.2, 0.25) is 0 Å². The number of para-hydroxylation sites is 1. The number of carbonyl (C=O) groups is 1. The molecule has 0 aliphatic carbocycles. The van der Waals surface area contributed by atoms with Gasteiger partial charge in [0.2, 0.25) is 5.91 Å². The van der Waals surface area contributed by atoms with Crippen molar-refractivity contribution in [2.24, 2.45) is 0 Å². The molecule has 0 radical (unpaired) electrons. The zero-order valence-corrected chi connectivity index (χ0v) is 15.5. The molecular formula is C19H31N3O3. The van der Waals surface area contributed by atoms with Gasteiger partial charge in [0, 0.05) is 46.4 Å². The normalized spacial score (nSPS) is 15.9. The monoisotopic (exact) mass is 349 g/mol. The minimum Gasteiger partial charge on any atom is -0.493 e. The summed E-state index contributed by atoms with van der Waals surface area (Å²) in [4.78, 5) is 16.5. The number of carbonyl (C=O) groups excluding carboxylic acids is 1. The van der Waals surface area contributed by atoms with Gasteiger partial charge in [-0.2, -0.15) is 0 Å². The molecule has 1 aliphatic rings. The van der Waals surface area contributed by atoms with Crippen LogP contribution in [0, 0.1) is 6.92 Å². The van der Waals surface area contributed by atoms with Crippen LogP contribution in [0.5, 0.6) is 5.75 Å². The van der Waals surface area contributed by atoms with E-state index in [9.17, 15) is 4.79 Å². The number of nitrogens with one attached hydrogen (secondary N) is 1. The van der Waals surface area contributed by atoms with E-state index in [-0.39, 0.29) is 5.91 Å². The van der Waals surface area contributed by atoms with Crippen LogP contribution in [0.25, 0.3) is 0 Å². The molecule has 1 fully saturated rings.